The molecule has 1 aliphatic heterocycles. The monoisotopic (exact) mass is 472 g/mol. The highest BCUT2D eigenvalue weighted by atomic mass is 31.3. The lowest BCUT2D eigenvalue weighted by Crippen LogP contribution is -2.22. The summed E-state index contributed by atoms with van der Waals surface area (Å²) in [5.41, 5.74) is -0.142. The van der Waals surface area contributed by atoms with Gasteiger partial charge in [-0.15, -0.1) is 0 Å². The van der Waals surface area contributed by atoms with Crippen molar-refractivity contribution >= 4 is 34.6 Å². The molecule has 16 nitrogen and oxygen atoms in total. The fourth-order valence-corrected chi connectivity index (χ4v) is 5.43. The van der Waals surface area contributed by atoms with Crippen LogP contribution in [0.2, 0.25) is 0 Å². The average molecular weight is 472 g/mol. The molecule has 29 heavy (non-hydrogen) atoms. The first kappa shape index (κ1) is 22.4. The molecule has 2 aromatic heterocycles. The van der Waals surface area contributed by atoms with E-state index in [9.17, 15) is 38.1 Å². The molecule has 162 valence electrons. The standard InChI is InChI=1S/C10H15N4O12P3/c15-10-8-9(11-4-12-10)14(5-13-8)7-2-1-6(24-7)3-23-28(19,20)26-29(21,22)25-27(16,17)18/h4-7H,1-3H2,(H,19,20)(H,21,22)(H,11,12,15)(H2,16,17,18)/p-4. The van der Waals surface area contributed by atoms with Crippen LogP contribution >= 0.6 is 23.5 Å². The number of H-pyrrole nitrogens is 1. The fraction of sp³-hybridized carbons (Fsp3) is 0.500. The third kappa shape index (κ3) is 5.87. The van der Waals surface area contributed by atoms with Crippen LogP contribution < -0.4 is 25.1 Å². The zero-order valence-electron chi connectivity index (χ0n) is 14.0. The lowest BCUT2D eigenvalue weighted by atomic mass is 10.2. The number of nitrogens with zero attached hydrogens (tertiary/aromatic N) is 3. The second kappa shape index (κ2) is 8.10. The normalized spacial score (nSPS) is 24.4. The van der Waals surface area contributed by atoms with Crippen molar-refractivity contribution in [3.63, 3.8) is 0 Å². The lowest BCUT2D eigenvalue weighted by Gasteiger charge is -2.37. The number of imidazole rings is 1. The van der Waals surface area contributed by atoms with Gasteiger partial charge in [-0.3, -0.25) is 22.8 Å². The Labute approximate surface area is 160 Å². The molecule has 1 aliphatic rings. The van der Waals surface area contributed by atoms with E-state index in [1.54, 1.807) is 0 Å². The molecule has 4 unspecified atom stereocenters. The molecule has 0 radical (unpaired) electrons. The van der Waals surface area contributed by atoms with Gasteiger partial charge in [0.15, 0.2) is 11.2 Å². The van der Waals surface area contributed by atoms with Crippen LogP contribution in [0, 0.1) is 0 Å². The van der Waals surface area contributed by atoms with Crippen LogP contribution in [0.25, 0.3) is 11.2 Å². The van der Waals surface area contributed by atoms with Crippen LogP contribution in [0.15, 0.2) is 17.4 Å². The lowest BCUT2D eigenvalue weighted by molar-refractivity contribution is -0.339. The second-order valence-electron chi connectivity index (χ2n) is 5.65. The van der Waals surface area contributed by atoms with E-state index in [1.807, 2.05) is 0 Å². The van der Waals surface area contributed by atoms with Gasteiger partial charge < -0.3 is 38.4 Å². The summed E-state index contributed by atoms with van der Waals surface area (Å²) in [6, 6.07) is 0. The first-order valence-corrected chi connectivity index (χ1v) is 12.0. The van der Waals surface area contributed by atoms with Gasteiger partial charge in [0.05, 0.1) is 33.2 Å². The third-order valence-corrected chi connectivity index (χ3v) is 7.24. The summed E-state index contributed by atoms with van der Waals surface area (Å²) in [7, 11) is -17.7. The van der Waals surface area contributed by atoms with Gasteiger partial charge in [-0.25, -0.2) is 14.3 Å². The number of hydrogen-bond acceptors (Lipinski definition) is 14. The van der Waals surface area contributed by atoms with Gasteiger partial charge >= 0.3 is 0 Å². The Balaban J connectivity index is 1.59. The summed E-state index contributed by atoms with van der Waals surface area (Å²) >= 11 is 0. The van der Waals surface area contributed by atoms with E-state index < -0.39 is 48.0 Å². The fourth-order valence-electron chi connectivity index (χ4n) is 2.55. The molecule has 1 N–H and O–H groups in total. The number of phosphoric ester groups is 1. The van der Waals surface area contributed by atoms with Crippen LogP contribution in [0.4, 0.5) is 0 Å². The highest BCUT2D eigenvalue weighted by Gasteiger charge is 2.30. The van der Waals surface area contributed by atoms with Gasteiger partial charge in [0.2, 0.25) is 0 Å². The number of hydrogen-bond donors (Lipinski definition) is 1. The highest BCUT2D eigenvalue weighted by Crippen LogP contribution is 2.60. The van der Waals surface area contributed by atoms with Gasteiger partial charge in [-0.1, -0.05) is 0 Å². The van der Waals surface area contributed by atoms with Gasteiger partial charge in [-0.2, -0.15) is 0 Å². The minimum atomic E-state index is -6.05. The summed E-state index contributed by atoms with van der Waals surface area (Å²) < 4.78 is 50.8. The van der Waals surface area contributed by atoms with Gasteiger partial charge in [-0.05, 0) is 12.8 Å². The first-order chi connectivity index (χ1) is 13.4. The predicted octanol–water partition coefficient (Wildman–Crippen LogP) is -2.39. The maximum Gasteiger partial charge on any atom is 0.278 e. The molecular weight excluding hydrogens is 461 g/mol. The van der Waals surface area contributed by atoms with Crippen molar-refractivity contribution in [2.45, 2.75) is 25.2 Å². The highest BCUT2D eigenvalue weighted by molar-refractivity contribution is 7.64. The predicted molar refractivity (Wildman–Crippen MR) is 82.2 cm³/mol. The van der Waals surface area contributed by atoms with Crippen molar-refractivity contribution in [3.8, 4) is 0 Å². The molecule has 0 aliphatic carbocycles. The van der Waals surface area contributed by atoms with Gasteiger partial charge in [0, 0.05) is 0 Å². The summed E-state index contributed by atoms with van der Waals surface area (Å²) in [6.45, 7) is -0.676. The van der Waals surface area contributed by atoms with Crippen molar-refractivity contribution in [3.05, 3.63) is 23.0 Å². The Kier molecular flexibility index (Phi) is 6.26. The number of rotatable bonds is 8. The van der Waals surface area contributed by atoms with Crippen molar-refractivity contribution in [2.24, 2.45) is 0 Å². The molecule has 0 amide bonds. The number of aromatic nitrogens is 4. The minimum absolute atomic E-state index is 0.0773. The molecule has 3 heterocycles. The van der Waals surface area contributed by atoms with E-state index in [-0.39, 0.29) is 17.6 Å². The molecule has 0 bridgehead atoms. The quantitative estimate of drug-likeness (QED) is 0.394. The summed E-state index contributed by atoms with van der Waals surface area (Å²) in [6.07, 6.45) is 1.64. The van der Waals surface area contributed by atoms with Crippen LogP contribution in [0.3, 0.4) is 0 Å². The molecule has 0 aromatic carbocycles. The maximum absolute atomic E-state index is 11.7. The maximum atomic E-state index is 11.7. The van der Waals surface area contributed by atoms with Crippen molar-refractivity contribution < 1.29 is 51.2 Å². The van der Waals surface area contributed by atoms with Crippen molar-refractivity contribution in [1.82, 2.24) is 19.5 Å². The average Bonchev–Trinajstić information content (AvgIpc) is 3.16. The van der Waals surface area contributed by atoms with Crippen LogP contribution in [0.5, 0.6) is 0 Å². The Morgan fingerprint density at radius 1 is 1.14 bits per heavy atom. The molecule has 2 aromatic rings. The minimum Gasteiger partial charge on any atom is -0.790 e. The number of ether oxygens (including phenoxy) is 1. The summed E-state index contributed by atoms with van der Waals surface area (Å²) in [5, 5.41) is 0. The zero-order valence-corrected chi connectivity index (χ0v) is 16.7. The number of phosphoric acid groups is 3. The second-order valence-corrected chi connectivity index (χ2v) is 9.89. The SMILES string of the molecule is O=c1[nH]cnc2c1ncn2C1CCC(COP(=O)([O-])OP(=O)([O-])OP(=O)([O-])[O-])O1. The molecule has 19 heteroatoms. The smallest absolute Gasteiger partial charge is 0.278 e. The van der Waals surface area contributed by atoms with E-state index >= 15 is 0 Å². The Bertz CT molecular complexity index is 1090. The van der Waals surface area contributed by atoms with Gasteiger partial charge in [0.25, 0.3) is 21.2 Å². The van der Waals surface area contributed by atoms with E-state index in [4.69, 9.17) is 4.74 Å². The Morgan fingerprint density at radius 2 is 1.86 bits per heavy atom. The topological polar surface area (TPSA) is 244 Å². The van der Waals surface area contributed by atoms with E-state index in [1.165, 1.54) is 17.2 Å². The number of nitrogens with one attached hydrogen (secondary N) is 1. The summed E-state index contributed by atoms with van der Waals surface area (Å²) in [4.78, 5) is 65.1. The van der Waals surface area contributed by atoms with Crippen LogP contribution in [-0.4, -0.2) is 32.2 Å². The van der Waals surface area contributed by atoms with Crippen molar-refractivity contribution in [2.75, 3.05) is 6.61 Å². The van der Waals surface area contributed by atoms with E-state index in [0.29, 0.717) is 6.42 Å². The molecule has 4 atom stereocenters. The van der Waals surface area contributed by atoms with Crippen LogP contribution in [0.1, 0.15) is 19.1 Å². The number of fused-ring (bicyclic) bond motifs is 1. The zero-order chi connectivity index (χ0) is 21.4. The molecule has 1 saturated heterocycles. The molecule has 1 fully saturated rings. The molecule has 0 saturated carbocycles. The molecule has 3 rings (SSSR count). The third-order valence-electron chi connectivity index (χ3n) is 3.58. The van der Waals surface area contributed by atoms with E-state index in [0.717, 1.165) is 0 Å². The Morgan fingerprint density at radius 3 is 2.55 bits per heavy atom. The van der Waals surface area contributed by atoms with Gasteiger partial charge in [0.1, 0.15) is 6.23 Å². The molecular formula is C10H11N4O12P3-4. The first-order valence-electron chi connectivity index (χ1n) is 7.62. The van der Waals surface area contributed by atoms with E-state index in [2.05, 4.69) is 28.1 Å². The number of aromatic amines is 1. The molecule has 0 spiro atoms. The largest absolute Gasteiger partial charge is 0.790 e. The van der Waals surface area contributed by atoms with Crippen LogP contribution in [-0.2, 0) is 31.6 Å². The van der Waals surface area contributed by atoms with Crippen molar-refractivity contribution in [1.29, 1.82) is 0 Å². The summed E-state index contributed by atoms with van der Waals surface area (Å²) in [5.74, 6) is 0. The Hall–Kier alpha value is -1.28.